The van der Waals surface area contributed by atoms with E-state index < -0.39 is 0 Å². The first-order chi connectivity index (χ1) is 5.79. The molecule has 0 atom stereocenters. The van der Waals surface area contributed by atoms with Crippen LogP contribution in [0, 0.1) is 0 Å². The second-order valence-electron chi connectivity index (χ2n) is 3.90. The van der Waals surface area contributed by atoms with Gasteiger partial charge in [-0.2, -0.15) is 0 Å². The van der Waals surface area contributed by atoms with Gasteiger partial charge in [-0.3, -0.25) is 0 Å². The van der Waals surface area contributed by atoms with Crippen molar-refractivity contribution in [3.63, 3.8) is 0 Å². The third-order valence-electron chi connectivity index (χ3n) is 2.39. The van der Waals surface area contributed by atoms with Crippen molar-refractivity contribution < 1.29 is 4.74 Å². The maximum absolute atomic E-state index is 5.56. The zero-order valence-corrected chi connectivity index (χ0v) is 9.31. The molecule has 0 N–H and O–H groups in total. The zero-order chi connectivity index (χ0) is 8.81. The Balaban J connectivity index is 1.98. The molecule has 0 aromatic heterocycles. The highest BCUT2D eigenvalue weighted by atomic mass is 28.2. The molecule has 12 heavy (non-hydrogen) atoms. The molecular formula is C10H20OSi. The molecule has 0 heterocycles. The van der Waals surface area contributed by atoms with Crippen molar-refractivity contribution in [2.45, 2.75) is 57.6 Å². The van der Waals surface area contributed by atoms with Crippen LogP contribution in [0.4, 0.5) is 0 Å². The smallest absolute Gasteiger partial charge is 0.0768 e. The van der Waals surface area contributed by atoms with Crippen molar-refractivity contribution in [2.75, 3.05) is 6.23 Å². The second kappa shape index (κ2) is 5.76. The van der Waals surface area contributed by atoms with Crippen molar-refractivity contribution in [3.05, 3.63) is 0 Å². The molecule has 0 saturated heterocycles. The van der Waals surface area contributed by atoms with Gasteiger partial charge >= 0.3 is 0 Å². The van der Waals surface area contributed by atoms with Gasteiger partial charge in [-0.25, -0.2) is 0 Å². The summed E-state index contributed by atoms with van der Waals surface area (Å²) in [5.74, 6) is 0. The minimum atomic E-state index is 0.418. The topological polar surface area (TPSA) is 9.23 Å². The molecule has 1 rings (SSSR count). The first-order valence-corrected chi connectivity index (χ1v) is 6.42. The van der Waals surface area contributed by atoms with E-state index >= 15 is 0 Å². The van der Waals surface area contributed by atoms with E-state index in [-0.39, 0.29) is 0 Å². The third-order valence-corrected chi connectivity index (χ3v) is 3.88. The van der Waals surface area contributed by atoms with Crippen molar-refractivity contribution in [2.24, 2.45) is 0 Å². The van der Waals surface area contributed by atoms with E-state index in [9.17, 15) is 0 Å². The van der Waals surface area contributed by atoms with Gasteiger partial charge in [-0.05, 0) is 19.4 Å². The molecule has 0 spiro atoms. The van der Waals surface area contributed by atoms with E-state index in [1.54, 1.807) is 0 Å². The fourth-order valence-electron chi connectivity index (χ4n) is 1.64. The Morgan fingerprint density at radius 2 is 1.92 bits per heavy atom. The highest BCUT2D eigenvalue weighted by Gasteiger charge is 2.13. The number of hydrogen-bond acceptors (Lipinski definition) is 1. The molecule has 0 unspecified atom stereocenters. The first kappa shape index (κ1) is 10.3. The molecule has 2 heteroatoms. The van der Waals surface area contributed by atoms with E-state index in [1.165, 1.54) is 32.1 Å². The fourth-order valence-corrected chi connectivity index (χ4v) is 3.12. The average molecular weight is 184 g/mol. The van der Waals surface area contributed by atoms with Gasteiger partial charge in [0.15, 0.2) is 0 Å². The minimum absolute atomic E-state index is 0.418. The van der Waals surface area contributed by atoms with E-state index in [0.29, 0.717) is 6.10 Å². The molecule has 0 amide bonds. The Hall–Kier alpha value is 0.177. The van der Waals surface area contributed by atoms with Gasteiger partial charge in [0.25, 0.3) is 0 Å². The van der Waals surface area contributed by atoms with Crippen molar-refractivity contribution in [1.29, 1.82) is 0 Å². The lowest BCUT2D eigenvalue weighted by atomic mass is 10.0. The van der Waals surface area contributed by atoms with Gasteiger partial charge in [-0.15, -0.1) is 0 Å². The van der Waals surface area contributed by atoms with Gasteiger partial charge in [0.1, 0.15) is 0 Å². The summed E-state index contributed by atoms with van der Waals surface area (Å²) in [6, 6.07) is 0. The molecule has 0 bridgehead atoms. The van der Waals surface area contributed by atoms with Gasteiger partial charge in [0.2, 0.25) is 0 Å². The van der Waals surface area contributed by atoms with Gasteiger partial charge in [0, 0.05) is 6.23 Å². The normalized spacial score (nSPS) is 20.2. The van der Waals surface area contributed by atoms with Gasteiger partial charge in [-0.1, -0.05) is 32.1 Å². The van der Waals surface area contributed by atoms with Crippen LogP contribution in [0.3, 0.4) is 0 Å². The molecule has 1 saturated carbocycles. The molecule has 2 radical (unpaired) electrons. The van der Waals surface area contributed by atoms with E-state index in [1.807, 2.05) is 0 Å². The zero-order valence-electron chi connectivity index (χ0n) is 8.31. The summed E-state index contributed by atoms with van der Waals surface area (Å²) in [4.78, 5) is 0. The van der Waals surface area contributed by atoms with Crippen LogP contribution in [-0.4, -0.2) is 21.9 Å². The predicted octanol–water partition coefficient (Wildman–Crippen LogP) is 2.83. The van der Waals surface area contributed by atoms with Gasteiger partial charge < -0.3 is 4.74 Å². The summed E-state index contributed by atoms with van der Waals surface area (Å²) in [5.41, 5.74) is 0.998. The monoisotopic (exact) mass is 184 g/mol. The Bertz CT molecular complexity index is 108. The number of ether oxygens (including phenoxy) is 1. The van der Waals surface area contributed by atoms with Crippen molar-refractivity contribution in [1.82, 2.24) is 0 Å². The van der Waals surface area contributed by atoms with E-state index in [4.69, 9.17) is 4.74 Å². The molecule has 1 aliphatic rings. The summed E-state index contributed by atoms with van der Waals surface area (Å²) < 4.78 is 5.56. The first-order valence-electron chi connectivity index (χ1n) is 5.14. The van der Waals surface area contributed by atoms with E-state index in [2.05, 4.69) is 13.8 Å². The molecule has 1 aliphatic carbocycles. The Morgan fingerprint density at radius 1 is 1.25 bits per heavy atom. The highest BCUT2D eigenvalue weighted by molar-refractivity contribution is 6.37. The summed E-state index contributed by atoms with van der Waals surface area (Å²) in [6.07, 6.45) is 8.72. The molecule has 1 nitrogen and oxygen atoms in total. The predicted molar refractivity (Wildman–Crippen MR) is 53.7 cm³/mol. The molecule has 0 aromatic carbocycles. The number of hydrogen-bond donors (Lipinski definition) is 0. The Morgan fingerprint density at radius 3 is 2.50 bits per heavy atom. The standard InChI is InChI=1S/C10H20OSi/c1-9(2)11-8-12-10-6-4-3-5-7-10/h9-10H,3-8H2,1-2H3. The highest BCUT2D eigenvalue weighted by Crippen LogP contribution is 2.27. The fraction of sp³-hybridized carbons (Fsp3) is 1.00. The SMILES string of the molecule is CC(C)OC[Si]C1CCCCC1. The summed E-state index contributed by atoms with van der Waals surface area (Å²) >= 11 is 0. The van der Waals surface area contributed by atoms with Crippen LogP contribution in [0.15, 0.2) is 0 Å². The Kier molecular flexibility index (Phi) is 4.92. The van der Waals surface area contributed by atoms with E-state index in [0.717, 1.165) is 21.3 Å². The van der Waals surface area contributed by atoms with Crippen LogP contribution in [0.5, 0.6) is 0 Å². The molecule has 0 aliphatic heterocycles. The van der Waals surface area contributed by atoms with Crippen LogP contribution in [0.2, 0.25) is 5.54 Å². The lowest BCUT2D eigenvalue weighted by Crippen LogP contribution is -2.16. The summed E-state index contributed by atoms with van der Waals surface area (Å²) in [5, 5.41) is 0. The average Bonchev–Trinajstić information content (AvgIpc) is 2.05. The quantitative estimate of drug-likeness (QED) is 0.611. The summed E-state index contributed by atoms with van der Waals surface area (Å²) in [6.45, 7) is 4.23. The van der Waals surface area contributed by atoms with Crippen molar-refractivity contribution in [3.8, 4) is 0 Å². The molecule has 1 fully saturated rings. The molecule has 0 aromatic rings. The second-order valence-corrected chi connectivity index (χ2v) is 5.41. The number of rotatable bonds is 4. The molecular weight excluding hydrogens is 164 g/mol. The van der Waals surface area contributed by atoms with Crippen molar-refractivity contribution >= 4 is 9.52 Å². The van der Waals surface area contributed by atoms with Gasteiger partial charge in [0.05, 0.1) is 15.6 Å². The lowest BCUT2D eigenvalue weighted by molar-refractivity contribution is 0.114. The van der Waals surface area contributed by atoms with Crippen LogP contribution < -0.4 is 0 Å². The molecule has 70 valence electrons. The largest absolute Gasteiger partial charge is 0.383 e. The summed E-state index contributed by atoms with van der Waals surface area (Å²) in [7, 11) is 1.05. The van der Waals surface area contributed by atoms with Crippen LogP contribution in [-0.2, 0) is 4.74 Å². The van der Waals surface area contributed by atoms with Crippen LogP contribution in [0.25, 0.3) is 0 Å². The maximum atomic E-state index is 5.56. The Labute approximate surface area is 78.7 Å². The lowest BCUT2D eigenvalue weighted by Gasteiger charge is -2.20. The van der Waals surface area contributed by atoms with Crippen LogP contribution >= 0.6 is 0 Å². The third kappa shape index (κ3) is 4.26. The maximum Gasteiger partial charge on any atom is 0.0768 e. The minimum Gasteiger partial charge on any atom is -0.383 e. The van der Waals surface area contributed by atoms with Crippen LogP contribution in [0.1, 0.15) is 46.0 Å².